The maximum Gasteiger partial charge on any atom is 0.191 e. The number of para-hydroxylation sites is 1. The zero-order valence-corrected chi connectivity index (χ0v) is 16.1. The lowest BCUT2D eigenvalue weighted by molar-refractivity contribution is 0.378. The maximum atomic E-state index is 13.8. The van der Waals surface area contributed by atoms with Crippen LogP contribution in [0.5, 0.6) is 5.75 Å². The summed E-state index contributed by atoms with van der Waals surface area (Å²) < 4.78 is 13.8. The van der Waals surface area contributed by atoms with E-state index in [-0.39, 0.29) is 35.5 Å². The second-order valence-corrected chi connectivity index (χ2v) is 5.77. The Morgan fingerprint density at radius 3 is 2.32 bits per heavy atom. The molecule has 0 amide bonds. The van der Waals surface area contributed by atoms with Crippen molar-refractivity contribution >= 4 is 35.6 Å². The van der Waals surface area contributed by atoms with E-state index in [1.807, 2.05) is 28.0 Å². The van der Waals surface area contributed by atoms with Crippen LogP contribution in [-0.4, -0.2) is 42.1 Å². The average molecular weight is 456 g/mol. The lowest BCUT2D eigenvalue weighted by Gasteiger charge is -2.36. The van der Waals surface area contributed by atoms with Crippen molar-refractivity contribution in [3.05, 3.63) is 59.9 Å². The average Bonchev–Trinajstić information content (AvgIpc) is 2.61. The first-order chi connectivity index (χ1) is 11.6. The summed E-state index contributed by atoms with van der Waals surface area (Å²) in [5.74, 6) is 0.538. The summed E-state index contributed by atoms with van der Waals surface area (Å²) in [5, 5.41) is 9.28. The molecule has 1 saturated heterocycles. The fourth-order valence-electron chi connectivity index (χ4n) is 2.76. The molecule has 2 aromatic rings. The van der Waals surface area contributed by atoms with Gasteiger partial charge in [0.15, 0.2) is 5.96 Å². The first-order valence-corrected chi connectivity index (χ1v) is 7.96. The van der Waals surface area contributed by atoms with Gasteiger partial charge in [-0.15, -0.1) is 24.0 Å². The molecule has 0 aliphatic carbocycles. The molecule has 0 unspecified atom stereocenters. The molecule has 0 radical (unpaired) electrons. The molecular formula is C18H22FIN4O. The normalized spacial score (nSPS) is 15.0. The van der Waals surface area contributed by atoms with E-state index >= 15 is 0 Å². The van der Waals surface area contributed by atoms with E-state index in [0.29, 0.717) is 44.4 Å². The molecule has 5 nitrogen and oxygen atoms in total. The van der Waals surface area contributed by atoms with Crippen LogP contribution in [0.1, 0.15) is 5.56 Å². The highest BCUT2D eigenvalue weighted by atomic mass is 127. The van der Waals surface area contributed by atoms with Crippen LogP contribution in [0.2, 0.25) is 0 Å². The number of hydrogen-bond donors (Lipinski definition) is 2. The van der Waals surface area contributed by atoms with Crippen molar-refractivity contribution in [2.75, 3.05) is 31.1 Å². The Morgan fingerprint density at radius 2 is 1.68 bits per heavy atom. The minimum atomic E-state index is -0.195. The molecule has 0 aromatic heterocycles. The quantitative estimate of drug-likeness (QED) is 0.424. The van der Waals surface area contributed by atoms with E-state index in [0.717, 1.165) is 5.56 Å². The Hall–Kier alpha value is -2.03. The zero-order chi connectivity index (χ0) is 16.9. The third-order valence-corrected chi connectivity index (χ3v) is 4.16. The first-order valence-electron chi connectivity index (χ1n) is 7.96. The van der Waals surface area contributed by atoms with E-state index in [9.17, 15) is 9.50 Å². The van der Waals surface area contributed by atoms with Crippen LogP contribution in [0, 0.1) is 5.82 Å². The highest BCUT2D eigenvalue weighted by molar-refractivity contribution is 14.0. The van der Waals surface area contributed by atoms with Crippen LogP contribution in [0.3, 0.4) is 0 Å². The number of hydrogen-bond acceptors (Lipinski definition) is 3. The van der Waals surface area contributed by atoms with Gasteiger partial charge in [-0.2, -0.15) is 0 Å². The molecular weight excluding hydrogens is 434 g/mol. The van der Waals surface area contributed by atoms with Crippen molar-refractivity contribution in [1.29, 1.82) is 0 Å². The molecule has 0 spiro atoms. The van der Waals surface area contributed by atoms with E-state index in [2.05, 4.69) is 4.99 Å². The lowest BCUT2D eigenvalue weighted by atomic mass is 10.2. The van der Waals surface area contributed by atoms with Gasteiger partial charge in [-0.1, -0.05) is 24.3 Å². The highest BCUT2D eigenvalue weighted by Crippen LogP contribution is 2.20. The van der Waals surface area contributed by atoms with Gasteiger partial charge in [0.25, 0.3) is 0 Å². The number of phenolic OH excluding ortho intramolecular Hbond substituents is 1. The lowest BCUT2D eigenvalue weighted by Crippen LogP contribution is -2.51. The van der Waals surface area contributed by atoms with E-state index in [1.54, 1.807) is 24.3 Å². The second-order valence-electron chi connectivity index (χ2n) is 5.77. The van der Waals surface area contributed by atoms with Gasteiger partial charge >= 0.3 is 0 Å². The second kappa shape index (κ2) is 8.89. The number of nitrogens with two attached hydrogens (primary N) is 1. The van der Waals surface area contributed by atoms with Crippen molar-refractivity contribution in [2.24, 2.45) is 10.7 Å². The predicted molar refractivity (Wildman–Crippen MR) is 109 cm³/mol. The molecule has 0 saturated carbocycles. The minimum absolute atomic E-state index is 0. The van der Waals surface area contributed by atoms with Crippen molar-refractivity contribution in [3.8, 4) is 5.75 Å². The van der Waals surface area contributed by atoms with Gasteiger partial charge < -0.3 is 20.6 Å². The molecule has 1 heterocycles. The summed E-state index contributed by atoms with van der Waals surface area (Å²) in [6.07, 6.45) is 0. The van der Waals surface area contributed by atoms with Gasteiger partial charge in [0.2, 0.25) is 0 Å². The Bertz CT molecular complexity index is 715. The molecule has 1 aliphatic heterocycles. The number of nitrogens with zero attached hydrogens (tertiary/aromatic N) is 3. The smallest absolute Gasteiger partial charge is 0.191 e. The monoisotopic (exact) mass is 456 g/mol. The van der Waals surface area contributed by atoms with Crippen molar-refractivity contribution in [3.63, 3.8) is 0 Å². The van der Waals surface area contributed by atoms with Crippen LogP contribution >= 0.6 is 24.0 Å². The molecule has 1 aliphatic rings. The number of rotatable bonds is 3. The molecule has 1 fully saturated rings. The third-order valence-electron chi connectivity index (χ3n) is 4.16. The fourth-order valence-corrected chi connectivity index (χ4v) is 2.76. The largest absolute Gasteiger partial charge is 0.508 e. The highest BCUT2D eigenvalue weighted by Gasteiger charge is 2.20. The topological polar surface area (TPSA) is 65.1 Å². The Kier molecular flexibility index (Phi) is 6.86. The Morgan fingerprint density at radius 1 is 1.04 bits per heavy atom. The van der Waals surface area contributed by atoms with Crippen LogP contribution < -0.4 is 10.6 Å². The van der Waals surface area contributed by atoms with Gasteiger partial charge in [0.1, 0.15) is 11.6 Å². The number of aliphatic imine (C=N–C) groups is 1. The molecule has 7 heteroatoms. The summed E-state index contributed by atoms with van der Waals surface area (Å²) in [4.78, 5) is 8.45. The van der Waals surface area contributed by atoms with Crippen molar-refractivity contribution in [1.82, 2.24) is 4.90 Å². The summed E-state index contributed by atoms with van der Waals surface area (Å²) in [6.45, 7) is 3.30. The third kappa shape index (κ3) is 4.97. The number of phenols is 1. The number of halogens is 2. The number of anilines is 1. The first kappa shape index (κ1) is 19.3. The van der Waals surface area contributed by atoms with Crippen LogP contribution in [0.25, 0.3) is 0 Å². The molecule has 2 aromatic carbocycles. The number of benzene rings is 2. The minimum Gasteiger partial charge on any atom is -0.508 e. The number of guanidine groups is 1. The SMILES string of the molecule is I.NC(=NCc1ccc(O)cc1)N1CCN(c2ccccc2F)CC1. The maximum absolute atomic E-state index is 13.8. The summed E-state index contributed by atoms with van der Waals surface area (Å²) >= 11 is 0. The summed E-state index contributed by atoms with van der Waals surface area (Å²) in [6, 6.07) is 13.7. The zero-order valence-electron chi connectivity index (χ0n) is 13.8. The molecule has 3 rings (SSSR count). The Labute approximate surface area is 164 Å². The van der Waals surface area contributed by atoms with Gasteiger partial charge in [0.05, 0.1) is 12.2 Å². The van der Waals surface area contributed by atoms with Gasteiger partial charge in [-0.05, 0) is 29.8 Å². The molecule has 3 N–H and O–H groups in total. The van der Waals surface area contributed by atoms with Gasteiger partial charge in [-0.25, -0.2) is 9.38 Å². The van der Waals surface area contributed by atoms with Gasteiger partial charge in [-0.3, -0.25) is 0 Å². The summed E-state index contributed by atoms with van der Waals surface area (Å²) in [7, 11) is 0. The standard InChI is InChI=1S/C18H21FN4O.HI/c19-16-3-1-2-4-17(16)22-9-11-23(12-10-22)18(20)21-13-14-5-7-15(24)8-6-14;/h1-8,24H,9-13H2,(H2,20,21);1H. The van der Waals surface area contributed by atoms with Crippen LogP contribution in [0.15, 0.2) is 53.5 Å². The predicted octanol–water partition coefficient (Wildman–Crippen LogP) is 2.79. The molecule has 134 valence electrons. The molecule has 0 bridgehead atoms. The van der Waals surface area contributed by atoms with Crippen LogP contribution in [-0.2, 0) is 6.54 Å². The van der Waals surface area contributed by atoms with E-state index < -0.39 is 0 Å². The van der Waals surface area contributed by atoms with Crippen molar-refractivity contribution in [2.45, 2.75) is 6.54 Å². The fraction of sp³-hybridized carbons (Fsp3) is 0.278. The van der Waals surface area contributed by atoms with Gasteiger partial charge in [0, 0.05) is 26.2 Å². The number of piperazine rings is 1. The Balaban J connectivity index is 0.00000225. The summed E-state index contributed by atoms with van der Waals surface area (Å²) in [5.41, 5.74) is 7.70. The van der Waals surface area contributed by atoms with Crippen molar-refractivity contribution < 1.29 is 9.50 Å². The van der Waals surface area contributed by atoms with E-state index in [4.69, 9.17) is 5.73 Å². The number of aromatic hydroxyl groups is 1. The van der Waals surface area contributed by atoms with Crippen LogP contribution in [0.4, 0.5) is 10.1 Å². The van der Waals surface area contributed by atoms with E-state index in [1.165, 1.54) is 6.07 Å². The molecule has 25 heavy (non-hydrogen) atoms. The molecule has 0 atom stereocenters.